The molecule has 0 saturated carbocycles. The van der Waals surface area contributed by atoms with E-state index in [1.165, 1.54) is 0 Å². The molecule has 0 bridgehead atoms. The molecule has 21 heavy (non-hydrogen) atoms. The molecule has 1 N–H and O–H groups in total. The third kappa shape index (κ3) is 3.57. The number of rotatable bonds is 5. The summed E-state index contributed by atoms with van der Waals surface area (Å²) in [4.78, 5) is 26.9. The van der Waals surface area contributed by atoms with E-state index < -0.39 is 0 Å². The molecule has 5 heteroatoms. The molecule has 0 aliphatic carbocycles. The Morgan fingerprint density at radius 1 is 1.24 bits per heavy atom. The van der Waals surface area contributed by atoms with E-state index in [9.17, 15) is 9.59 Å². The number of nitrogens with one attached hydrogen (secondary N) is 1. The van der Waals surface area contributed by atoms with Crippen LogP contribution in [0.1, 0.15) is 40.5 Å². The lowest BCUT2D eigenvalue weighted by molar-refractivity contribution is -0.152. The molecule has 0 spiro atoms. The summed E-state index contributed by atoms with van der Waals surface area (Å²) in [5, 5.41) is 2.90. The van der Waals surface area contributed by atoms with E-state index in [1.54, 1.807) is 0 Å². The monoisotopic (exact) mass is 296 g/mol. The summed E-state index contributed by atoms with van der Waals surface area (Å²) in [7, 11) is 0. The first-order valence-corrected chi connectivity index (χ1v) is 8.10. The van der Waals surface area contributed by atoms with E-state index in [4.69, 9.17) is 4.74 Å². The van der Waals surface area contributed by atoms with Crippen molar-refractivity contribution in [3.05, 3.63) is 0 Å². The highest BCUT2D eigenvalue weighted by Gasteiger charge is 2.42. The Bertz CT molecular complexity index is 389. The molecular formula is C16H28N2O3. The molecule has 2 amide bonds. The first-order valence-electron chi connectivity index (χ1n) is 8.10. The predicted octanol–water partition coefficient (Wildman–Crippen LogP) is 1.42. The molecule has 2 aliphatic rings. The summed E-state index contributed by atoms with van der Waals surface area (Å²) in [6, 6.07) is -0.720. The Morgan fingerprint density at radius 2 is 1.95 bits per heavy atom. The molecule has 3 unspecified atom stereocenters. The van der Waals surface area contributed by atoms with Gasteiger partial charge in [-0.3, -0.25) is 9.59 Å². The number of hydrogen-bond acceptors (Lipinski definition) is 3. The Labute approximate surface area is 127 Å². The zero-order valence-electron chi connectivity index (χ0n) is 13.6. The minimum absolute atomic E-state index is 0.00836. The molecule has 0 aromatic rings. The third-order valence-corrected chi connectivity index (χ3v) is 4.55. The van der Waals surface area contributed by atoms with Gasteiger partial charge in [-0.2, -0.15) is 0 Å². The third-order valence-electron chi connectivity index (χ3n) is 4.55. The molecule has 3 atom stereocenters. The highest BCUT2D eigenvalue weighted by atomic mass is 16.5. The van der Waals surface area contributed by atoms with Crippen LogP contribution in [-0.2, 0) is 14.3 Å². The van der Waals surface area contributed by atoms with Crippen LogP contribution in [0.4, 0.5) is 0 Å². The van der Waals surface area contributed by atoms with Gasteiger partial charge >= 0.3 is 0 Å². The van der Waals surface area contributed by atoms with Gasteiger partial charge in [-0.1, -0.05) is 27.7 Å². The van der Waals surface area contributed by atoms with Gasteiger partial charge in [0, 0.05) is 19.8 Å². The van der Waals surface area contributed by atoms with E-state index >= 15 is 0 Å². The topological polar surface area (TPSA) is 58.6 Å². The number of carbonyl (C=O) groups excluding carboxylic acids is 2. The quantitative estimate of drug-likeness (QED) is 0.835. The van der Waals surface area contributed by atoms with Gasteiger partial charge in [0.1, 0.15) is 12.1 Å². The molecule has 2 aliphatic heterocycles. The molecule has 2 fully saturated rings. The SMILES string of the molecule is CC(C)C1NC(=O)C(C(C)C)N(CCC2CCOC2)C1=O. The maximum Gasteiger partial charge on any atom is 0.246 e. The Morgan fingerprint density at radius 3 is 2.48 bits per heavy atom. The second-order valence-electron chi connectivity index (χ2n) is 6.97. The minimum atomic E-state index is -0.382. The molecule has 2 saturated heterocycles. The zero-order valence-corrected chi connectivity index (χ0v) is 13.6. The average molecular weight is 296 g/mol. The number of hydrogen-bond donors (Lipinski definition) is 1. The van der Waals surface area contributed by atoms with E-state index in [1.807, 2.05) is 32.6 Å². The molecule has 2 rings (SSSR count). The summed E-state index contributed by atoms with van der Waals surface area (Å²) < 4.78 is 5.40. The van der Waals surface area contributed by atoms with Gasteiger partial charge < -0.3 is 15.0 Å². The van der Waals surface area contributed by atoms with E-state index in [0.29, 0.717) is 12.5 Å². The van der Waals surface area contributed by atoms with Crippen molar-refractivity contribution >= 4 is 11.8 Å². The minimum Gasteiger partial charge on any atom is -0.381 e. The fourth-order valence-corrected chi connectivity index (χ4v) is 3.25. The molecule has 120 valence electrons. The fraction of sp³-hybridized carbons (Fsp3) is 0.875. The van der Waals surface area contributed by atoms with Crippen molar-refractivity contribution in [2.75, 3.05) is 19.8 Å². The van der Waals surface area contributed by atoms with E-state index in [2.05, 4.69) is 5.32 Å². The zero-order chi connectivity index (χ0) is 15.6. The Kier molecular flexibility index (Phi) is 5.25. The lowest BCUT2D eigenvalue weighted by atomic mass is 9.92. The number of carbonyl (C=O) groups is 2. The van der Waals surface area contributed by atoms with Crippen molar-refractivity contribution in [2.45, 2.75) is 52.6 Å². The lowest BCUT2D eigenvalue weighted by Gasteiger charge is -2.42. The van der Waals surface area contributed by atoms with Crippen LogP contribution in [0, 0.1) is 17.8 Å². The van der Waals surface area contributed by atoms with Crippen molar-refractivity contribution in [1.82, 2.24) is 10.2 Å². The normalized spacial score (nSPS) is 30.4. The molecule has 2 heterocycles. The number of nitrogens with zero attached hydrogens (tertiary/aromatic N) is 1. The van der Waals surface area contributed by atoms with Gasteiger partial charge in [-0.15, -0.1) is 0 Å². The van der Waals surface area contributed by atoms with Crippen molar-refractivity contribution in [2.24, 2.45) is 17.8 Å². The smallest absolute Gasteiger partial charge is 0.246 e. The maximum atomic E-state index is 12.7. The summed E-state index contributed by atoms with van der Waals surface area (Å²) in [6.45, 7) is 10.2. The van der Waals surface area contributed by atoms with Gasteiger partial charge in [-0.05, 0) is 30.6 Å². The van der Waals surface area contributed by atoms with Crippen LogP contribution < -0.4 is 5.32 Å². The van der Waals surface area contributed by atoms with Crippen LogP contribution in [0.25, 0.3) is 0 Å². The number of ether oxygens (including phenoxy) is 1. The fourth-order valence-electron chi connectivity index (χ4n) is 3.25. The van der Waals surface area contributed by atoms with Gasteiger partial charge in [0.05, 0.1) is 0 Å². The predicted molar refractivity (Wildman–Crippen MR) is 80.7 cm³/mol. The summed E-state index contributed by atoms with van der Waals surface area (Å²) in [5.41, 5.74) is 0. The summed E-state index contributed by atoms with van der Waals surface area (Å²) in [6.07, 6.45) is 1.99. The average Bonchev–Trinajstić information content (AvgIpc) is 2.91. The van der Waals surface area contributed by atoms with Crippen LogP contribution in [0.15, 0.2) is 0 Å². The first-order chi connectivity index (χ1) is 9.91. The van der Waals surface area contributed by atoms with Crippen LogP contribution >= 0.6 is 0 Å². The van der Waals surface area contributed by atoms with E-state index in [0.717, 1.165) is 26.1 Å². The molecule has 5 nitrogen and oxygen atoms in total. The van der Waals surface area contributed by atoms with Crippen molar-refractivity contribution in [3.63, 3.8) is 0 Å². The van der Waals surface area contributed by atoms with Gasteiger partial charge in [0.25, 0.3) is 0 Å². The second kappa shape index (κ2) is 6.77. The first kappa shape index (κ1) is 16.3. The van der Waals surface area contributed by atoms with Gasteiger partial charge in [-0.25, -0.2) is 0 Å². The number of amides is 2. The molecule has 0 radical (unpaired) electrons. The summed E-state index contributed by atoms with van der Waals surface area (Å²) in [5.74, 6) is 0.829. The van der Waals surface area contributed by atoms with Crippen LogP contribution in [0.2, 0.25) is 0 Å². The molecule has 0 aromatic heterocycles. The Balaban J connectivity index is 2.09. The van der Waals surface area contributed by atoms with Gasteiger partial charge in [0.15, 0.2) is 0 Å². The van der Waals surface area contributed by atoms with Crippen LogP contribution in [-0.4, -0.2) is 48.6 Å². The largest absolute Gasteiger partial charge is 0.381 e. The van der Waals surface area contributed by atoms with E-state index in [-0.39, 0.29) is 35.7 Å². The Hall–Kier alpha value is -1.10. The van der Waals surface area contributed by atoms with Crippen molar-refractivity contribution < 1.29 is 14.3 Å². The standard InChI is InChI=1S/C16H28N2O3/c1-10(2)13-16(20)18(7-5-12-6-8-21-9-12)14(11(3)4)15(19)17-13/h10-14H,5-9H2,1-4H3,(H,17,19). The van der Waals surface area contributed by atoms with Crippen LogP contribution in [0.5, 0.6) is 0 Å². The maximum absolute atomic E-state index is 12.7. The van der Waals surface area contributed by atoms with Crippen molar-refractivity contribution in [3.8, 4) is 0 Å². The summed E-state index contributed by atoms with van der Waals surface area (Å²) >= 11 is 0. The highest BCUT2D eigenvalue weighted by Crippen LogP contribution is 2.23. The molecule has 0 aromatic carbocycles. The lowest BCUT2D eigenvalue weighted by Crippen LogP contribution is -2.66. The second-order valence-corrected chi connectivity index (χ2v) is 6.97. The van der Waals surface area contributed by atoms with Gasteiger partial charge in [0.2, 0.25) is 11.8 Å². The van der Waals surface area contributed by atoms with Crippen molar-refractivity contribution in [1.29, 1.82) is 0 Å². The highest BCUT2D eigenvalue weighted by molar-refractivity contribution is 5.97. The molecular weight excluding hydrogens is 268 g/mol. The van der Waals surface area contributed by atoms with Crippen LogP contribution in [0.3, 0.4) is 0 Å². The number of piperazine rings is 1.